The van der Waals surface area contributed by atoms with Crippen molar-refractivity contribution in [3.8, 4) is 0 Å². The molecule has 0 aliphatic heterocycles. The smallest absolute Gasteiger partial charge is 0.423 e. The fourth-order valence-electron chi connectivity index (χ4n) is 1.51. The molecule has 0 amide bonds. The lowest BCUT2D eigenvalue weighted by atomic mass is 9.80. The van der Waals surface area contributed by atoms with Crippen LogP contribution in [0.2, 0.25) is 0 Å². The number of hydrogen-bond donors (Lipinski definition) is 2. The van der Waals surface area contributed by atoms with Crippen LogP contribution in [0.25, 0.3) is 10.9 Å². The highest BCUT2D eigenvalue weighted by Crippen LogP contribution is 2.14. The molecule has 0 bridgehead atoms. The minimum Gasteiger partial charge on any atom is -0.423 e. The zero-order valence-corrected chi connectivity index (χ0v) is 8.10. The Bertz CT molecular complexity index is 479. The standard InChI is InChI=1S/C9H11BN2O2/c1-6-8-4-3-7(10(13)14)5-9(8)11-12(6)2/h3-5,13-14H,1-2H3. The van der Waals surface area contributed by atoms with Crippen LogP contribution in [-0.4, -0.2) is 26.9 Å². The topological polar surface area (TPSA) is 58.3 Å². The van der Waals surface area contributed by atoms with Crippen molar-refractivity contribution in [3.05, 3.63) is 23.9 Å². The van der Waals surface area contributed by atoms with Gasteiger partial charge in [0.2, 0.25) is 0 Å². The molecule has 14 heavy (non-hydrogen) atoms. The van der Waals surface area contributed by atoms with Crippen molar-refractivity contribution in [2.75, 3.05) is 0 Å². The molecule has 0 fully saturated rings. The second kappa shape index (κ2) is 3.11. The van der Waals surface area contributed by atoms with Gasteiger partial charge in [-0.15, -0.1) is 0 Å². The van der Waals surface area contributed by atoms with Gasteiger partial charge in [0.15, 0.2) is 0 Å². The molecule has 1 aromatic carbocycles. The van der Waals surface area contributed by atoms with Gasteiger partial charge in [0.25, 0.3) is 0 Å². The van der Waals surface area contributed by atoms with Gasteiger partial charge in [-0.3, -0.25) is 4.68 Å². The molecule has 0 aliphatic carbocycles. The quantitative estimate of drug-likeness (QED) is 0.599. The van der Waals surface area contributed by atoms with E-state index in [0.717, 1.165) is 16.6 Å². The zero-order valence-electron chi connectivity index (χ0n) is 8.10. The van der Waals surface area contributed by atoms with E-state index in [9.17, 15) is 0 Å². The van der Waals surface area contributed by atoms with Gasteiger partial charge in [0.1, 0.15) is 0 Å². The Morgan fingerprint density at radius 1 is 1.36 bits per heavy atom. The van der Waals surface area contributed by atoms with E-state index in [0.29, 0.717) is 5.46 Å². The van der Waals surface area contributed by atoms with Gasteiger partial charge >= 0.3 is 7.12 Å². The predicted molar refractivity (Wildman–Crippen MR) is 55.3 cm³/mol. The van der Waals surface area contributed by atoms with E-state index in [2.05, 4.69) is 5.10 Å². The van der Waals surface area contributed by atoms with Crippen LogP contribution in [0.3, 0.4) is 0 Å². The Morgan fingerprint density at radius 3 is 2.71 bits per heavy atom. The molecular weight excluding hydrogens is 179 g/mol. The molecule has 0 spiro atoms. The maximum atomic E-state index is 8.98. The van der Waals surface area contributed by atoms with Crippen molar-refractivity contribution in [1.82, 2.24) is 9.78 Å². The van der Waals surface area contributed by atoms with E-state index in [-0.39, 0.29) is 0 Å². The first-order chi connectivity index (χ1) is 6.59. The van der Waals surface area contributed by atoms with Crippen LogP contribution in [0.4, 0.5) is 0 Å². The Labute approximate surface area is 81.9 Å². The van der Waals surface area contributed by atoms with Gasteiger partial charge in [-0.1, -0.05) is 12.1 Å². The summed E-state index contributed by atoms with van der Waals surface area (Å²) in [5.41, 5.74) is 2.32. The van der Waals surface area contributed by atoms with E-state index in [1.54, 1.807) is 16.8 Å². The molecule has 0 saturated carbocycles. The summed E-state index contributed by atoms with van der Waals surface area (Å²) in [5.74, 6) is 0. The lowest BCUT2D eigenvalue weighted by molar-refractivity contribution is 0.426. The summed E-state index contributed by atoms with van der Waals surface area (Å²) >= 11 is 0. The fraction of sp³-hybridized carbons (Fsp3) is 0.222. The number of nitrogens with zero attached hydrogens (tertiary/aromatic N) is 2. The molecule has 72 valence electrons. The largest absolute Gasteiger partial charge is 0.488 e. The monoisotopic (exact) mass is 190 g/mol. The van der Waals surface area contributed by atoms with Gasteiger partial charge in [-0.2, -0.15) is 5.10 Å². The number of rotatable bonds is 1. The maximum absolute atomic E-state index is 8.98. The molecule has 2 aromatic rings. The van der Waals surface area contributed by atoms with Crippen molar-refractivity contribution >= 4 is 23.5 Å². The van der Waals surface area contributed by atoms with Gasteiger partial charge in [-0.25, -0.2) is 0 Å². The number of aryl methyl sites for hydroxylation is 2. The second-order valence-electron chi connectivity index (χ2n) is 3.36. The Hall–Kier alpha value is -1.33. The number of fused-ring (bicyclic) bond motifs is 1. The maximum Gasteiger partial charge on any atom is 0.488 e. The van der Waals surface area contributed by atoms with Crippen LogP contribution in [0.1, 0.15) is 5.69 Å². The molecule has 5 heteroatoms. The van der Waals surface area contributed by atoms with Crippen LogP contribution in [0, 0.1) is 6.92 Å². The first-order valence-electron chi connectivity index (χ1n) is 4.39. The lowest BCUT2D eigenvalue weighted by Gasteiger charge is -1.97. The van der Waals surface area contributed by atoms with Crippen LogP contribution in [0.15, 0.2) is 18.2 Å². The molecule has 0 radical (unpaired) electrons. The van der Waals surface area contributed by atoms with E-state index >= 15 is 0 Å². The van der Waals surface area contributed by atoms with E-state index < -0.39 is 7.12 Å². The molecule has 2 N–H and O–H groups in total. The molecular formula is C9H11BN2O2. The van der Waals surface area contributed by atoms with Gasteiger partial charge < -0.3 is 10.0 Å². The third-order valence-electron chi connectivity index (χ3n) is 2.45. The van der Waals surface area contributed by atoms with Crippen molar-refractivity contribution in [2.24, 2.45) is 7.05 Å². The zero-order chi connectivity index (χ0) is 10.3. The van der Waals surface area contributed by atoms with E-state index in [1.807, 2.05) is 20.0 Å². The van der Waals surface area contributed by atoms with Gasteiger partial charge in [0.05, 0.1) is 5.52 Å². The first kappa shape index (κ1) is 9.24. The first-order valence-corrected chi connectivity index (χ1v) is 4.39. The van der Waals surface area contributed by atoms with Crippen molar-refractivity contribution in [3.63, 3.8) is 0 Å². The van der Waals surface area contributed by atoms with Crippen LogP contribution in [0.5, 0.6) is 0 Å². The fourth-order valence-corrected chi connectivity index (χ4v) is 1.51. The highest BCUT2D eigenvalue weighted by Gasteiger charge is 2.13. The van der Waals surface area contributed by atoms with Crippen molar-refractivity contribution < 1.29 is 10.0 Å². The molecule has 1 aromatic heterocycles. The molecule has 0 aliphatic rings. The molecule has 0 saturated heterocycles. The summed E-state index contributed by atoms with van der Waals surface area (Å²) in [4.78, 5) is 0. The molecule has 0 unspecified atom stereocenters. The second-order valence-corrected chi connectivity index (χ2v) is 3.36. The molecule has 4 nitrogen and oxygen atoms in total. The summed E-state index contributed by atoms with van der Waals surface area (Å²) in [6.45, 7) is 1.98. The highest BCUT2D eigenvalue weighted by atomic mass is 16.4. The minimum atomic E-state index is -1.43. The SMILES string of the molecule is Cc1c2ccc(B(O)O)cc2nn1C. The predicted octanol–water partition coefficient (Wildman–Crippen LogP) is -0.438. The third-order valence-corrected chi connectivity index (χ3v) is 2.45. The lowest BCUT2D eigenvalue weighted by Crippen LogP contribution is -2.29. The molecule has 1 heterocycles. The summed E-state index contributed by atoms with van der Waals surface area (Å²) in [6.07, 6.45) is 0. The Kier molecular flexibility index (Phi) is 2.05. The number of hydrogen-bond acceptors (Lipinski definition) is 3. The summed E-state index contributed by atoms with van der Waals surface area (Å²) in [7, 11) is 0.436. The highest BCUT2D eigenvalue weighted by molar-refractivity contribution is 6.58. The summed E-state index contributed by atoms with van der Waals surface area (Å²) < 4.78 is 1.78. The average Bonchev–Trinajstić information content (AvgIpc) is 2.42. The third kappa shape index (κ3) is 1.30. The molecule has 2 rings (SSSR count). The summed E-state index contributed by atoms with van der Waals surface area (Å²) in [5, 5.41) is 23.2. The number of benzene rings is 1. The average molecular weight is 190 g/mol. The van der Waals surface area contributed by atoms with Crippen molar-refractivity contribution in [2.45, 2.75) is 6.92 Å². The minimum absolute atomic E-state index is 0.468. The van der Waals surface area contributed by atoms with Gasteiger partial charge in [-0.05, 0) is 18.5 Å². The van der Waals surface area contributed by atoms with Crippen LogP contribution >= 0.6 is 0 Å². The Morgan fingerprint density at radius 2 is 2.07 bits per heavy atom. The van der Waals surface area contributed by atoms with Gasteiger partial charge in [0, 0.05) is 18.1 Å². The van der Waals surface area contributed by atoms with Crippen molar-refractivity contribution in [1.29, 1.82) is 0 Å². The van der Waals surface area contributed by atoms with E-state index in [1.165, 1.54) is 0 Å². The molecule has 0 atom stereocenters. The van der Waals surface area contributed by atoms with Crippen LogP contribution < -0.4 is 5.46 Å². The van der Waals surface area contributed by atoms with Crippen LogP contribution in [-0.2, 0) is 7.05 Å². The van der Waals surface area contributed by atoms with E-state index in [4.69, 9.17) is 10.0 Å². The Balaban J connectivity index is 2.67. The summed E-state index contributed by atoms with van der Waals surface area (Å²) in [6, 6.07) is 5.24. The normalized spacial score (nSPS) is 10.9. The number of aromatic nitrogens is 2.